The van der Waals surface area contributed by atoms with E-state index in [0.29, 0.717) is 33.1 Å². The predicted octanol–water partition coefficient (Wildman–Crippen LogP) is 3.27. The number of nitrogens with zero attached hydrogens (tertiary/aromatic N) is 3. The topological polar surface area (TPSA) is 104 Å². The molecule has 0 radical (unpaired) electrons. The summed E-state index contributed by atoms with van der Waals surface area (Å²) in [6.07, 6.45) is 0.658. The molecule has 8 nitrogen and oxygen atoms in total. The van der Waals surface area contributed by atoms with Gasteiger partial charge in [0.15, 0.2) is 11.2 Å². The average Bonchev–Trinajstić information content (AvgIpc) is 3.12. The normalized spacial score (nSPS) is 10.8. The fourth-order valence-corrected chi connectivity index (χ4v) is 3.55. The smallest absolute Gasteiger partial charge is 0.350 e. The Morgan fingerprint density at radius 3 is 2.64 bits per heavy atom. The molecule has 0 saturated carbocycles. The number of fused-ring (bicyclic) bond motifs is 1. The number of thiazole rings is 1. The van der Waals surface area contributed by atoms with Crippen LogP contribution >= 0.6 is 11.3 Å². The number of aldehydes is 1. The van der Waals surface area contributed by atoms with E-state index in [9.17, 15) is 19.7 Å². The van der Waals surface area contributed by atoms with E-state index < -0.39 is 10.9 Å². The lowest BCUT2D eigenvalue weighted by Crippen LogP contribution is -2.05. The largest absolute Gasteiger partial charge is 0.462 e. The molecule has 0 saturated heterocycles. The zero-order valence-electron chi connectivity index (χ0n) is 13.4. The summed E-state index contributed by atoms with van der Waals surface area (Å²) in [5.74, 6) is -0.454. The summed E-state index contributed by atoms with van der Waals surface area (Å²) in [5, 5.41) is 10.8. The molecular weight excluding hydrogens is 346 g/mol. The Hall–Kier alpha value is -3.07. The zero-order valence-corrected chi connectivity index (χ0v) is 14.2. The van der Waals surface area contributed by atoms with Crippen LogP contribution in [-0.4, -0.2) is 33.2 Å². The van der Waals surface area contributed by atoms with Crippen molar-refractivity contribution in [3.05, 3.63) is 50.6 Å². The number of hydrogen-bond acceptors (Lipinski definition) is 7. The van der Waals surface area contributed by atoms with Gasteiger partial charge in [0.2, 0.25) is 0 Å². The van der Waals surface area contributed by atoms with Crippen LogP contribution < -0.4 is 0 Å². The molecule has 0 aliphatic heterocycles. The number of aryl methyl sites for hydroxylation is 1. The monoisotopic (exact) mass is 359 g/mol. The lowest BCUT2D eigenvalue weighted by Gasteiger charge is -2.02. The number of carbonyl (C=O) groups is 2. The van der Waals surface area contributed by atoms with E-state index in [4.69, 9.17) is 4.74 Å². The van der Waals surface area contributed by atoms with Crippen LogP contribution in [0.15, 0.2) is 24.3 Å². The van der Waals surface area contributed by atoms with Gasteiger partial charge in [-0.3, -0.25) is 19.3 Å². The molecule has 2 heterocycles. The molecule has 0 atom stereocenters. The number of non-ortho nitro benzene ring substituents is 1. The van der Waals surface area contributed by atoms with E-state index in [-0.39, 0.29) is 18.0 Å². The van der Waals surface area contributed by atoms with Crippen molar-refractivity contribution >= 4 is 34.2 Å². The van der Waals surface area contributed by atoms with E-state index in [0.717, 1.165) is 11.3 Å². The number of nitro groups is 1. The minimum Gasteiger partial charge on any atom is -0.462 e. The summed E-state index contributed by atoms with van der Waals surface area (Å²) in [6, 6.07) is 5.79. The number of nitro benzene ring substituents is 1. The number of carbonyl (C=O) groups excluding carboxylic acids is 2. The maximum atomic E-state index is 12.0. The average molecular weight is 359 g/mol. The fourth-order valence-electron chi connectivity index (χ4n) is 2.52. The third kappa shape index (κ3) is 2.78. The Morgan fingerprint density at radius 2 is 2.08 bits per heavy atom. The molecule has 0 amide bonds. The molecule has 0 unspecified atom stereocenters. The van der Waals surface area contributed by atoms with Crippen LogP contribution in [0, 0.1) is 17.0 Å². The van der Waals surface area contributed by atoms with Crippen molar-refractivity contribution in [2.75, 3.05) is 6.61 Å². The lowest BCUT2D eigenvalue weighted by molar-refractivity contribution is -0.384. The number of hydrogen-bond donors (Lipinski definition) is 0. The summed E-state index contributed by atoms with van der Waals surface area (Å²) in [7, 11) is 0. The molecule has 0 bridgehead atoms. The number of imidazole rings is 1. The molecule has 25 heavy (non-hydrogen) atoms. The Balaban J connectivity index is 2.13. The molecule has 0 N–H and O–H groups in total. The number of aromatic nitrogens is 2. The van der Waals surface area contributed by atoms with Crippen LogP contribution in [0.1, 0.15) is 32.8 Å². The van der Waals surface area contributed by atoms with Crippen molar-refractivity contribution in [3.63, 3.8) is 0 Å². The first-order valence-electron chi connectivity index (χ1n) is 7.36. The van der Waals surface area contributed by atoms with Crippen LogP contribution in [0.2, 0.25) is 0 Å². The van der Waals surface area contributed by atoms with Gasteiger partial charge in [0.25, 0.3) is 5.69 Å². The number of benzene rings is 1. The minimum atomic E-state index is -0.494. The molecule has 3 rings (SSSR count). The predicted molar refractivity (Wildman–Crippen MR) is 91.2 cm³/mol. The van der Waals surface area contributed by atoms with Gasteiger partial charge in [-0.2, -0.15) is 0 Å². The Bertz CT molecular complexity index is 988. The maximum Gasteiger partial charge on any atom is 0.350 e. The highest BCUT2D eigenvalue weighted by molar-refractivity contribution is 7.19. The van der Waals surface area contributed by atoms with Gasteiger partial charge in [-0.25, -0.2) is 9.78 Å². The van der Waals surface area contributed by atoms with Gasteiger partial charge in [-0.1, -0.05) is 11.3 Å². The number of esters is 1. The fraction of sp³-hybridized carbons (Fsp3) is 0.188. The van der Waals surface area contributed by atoms with Gasteiger partial charge >= 0.3 is 5.97 Å². The third-order valence-electron chi connectivity index (χ3n) is 3.66. The lowest BCUT2D eigenvalue weighted by atomic mass is 10.1. The summed E-state index contributed by atoms with van der Waals surface area (Å²) >= 11 is 1.14. The van der Waals surface area contributed by atoms with Gasteiger partial charge in [-0.05, 0) is 26.0 Å². The van der Waals surface area contributed by atoms with Gasteiger partial charge in [-0.15, -0.1) is 0 Å². The molecule has 0 spiro atoms. The second-order valence-corrected chi connectivity index (χ2v) is 6.10. The molecule has 0 aliphatic carbocycles. The van der Waals surface area contributed by atoms with Crippen molar-refractivity contribution in [2.45, 2.75) is 13.8 Å². The molecule has 2 aromatic heterocycles. The van der Waals surface area contributed by atoms with Gasteiger partial charge < -0.3 is 4.74 Å². The summed E-state index contributed by atoms with van der Waals surface area (Å²) in [4.78, 5) is 39.2. The van der Waals surface area contributed by atoms with E-state index in [1.54, 1.807) is 30.4 Å². The summed E-state index contributed by atoms with van der Waals surface area (Å²) in [6.45, 7) is 3.69. The number of ether oxygens (including phenoxy) is 1. The van der Waals surface area contributed by atoms with Crippen molar-refractivity contribution in [1.29, 1.82) is 0 Å². The highest BCUT2D eigenvalue weighted by Crippen LogP contribution is 2.31. The van der Waals surface area contributed by atoms with E-state index in [1.165, 1.54) is 12.1 Å². The second-order valence-electron chi connectivity index (χ2n) is 5.12. The van der Waals surface area contributed by atoms with Crippen LogP contribution in [0.3, 0.4) is 0 Å². The Kier molecular flexibility index (Phi) is 4.32. The summed E-state index contributed by atoms with van der Waals surface area (Å²) in [5.41, 5.74) is 1.81. The Labute approximate surface area is 145 Å². The molecule has 0 fully saturated rings. The molecular formula is C16H13N3O5S. The first kappa shape index (κ1) is 16.8. The second kappa shape index (κ2) is 6.44. The van der Waals surface area contributed by atoms with Gasteiger partial charge in [0.05, 0.1) is 11.5 Å². The SMILES string of the molecule is CCOC(=O)c1sc2nc(-c3ccc([N+](=O)[O-])cc3)c(C=O)n2c1C. The molecule has 3 aromatic rings. The first-order valence-corrected chi connectivity index (χ1v) is 8.18. The van der Waals surface area contributed by atoms with Crippen LogP contribution in [0.25, 0.3) is 16.2 Å². The number of rotatable bonds is 5. The van der Waals surface area contributed by atoms with E-state index in [2.05, 4.69) is 4.98 Å². The maximum absolute atomic E-state index is 12.0. The van der Waals surface area contributed by atoms with Crippen LogP contribution in [-0.2, 0) is 4.74 Å². The molecule has 128 valence electrons. The first-order chi connectivity index (χ1) is 12.0. The highest BCUT2D eigenvalue weighted by Gasteiger charge is 2.23. The van der Waals surface area contributed by atoms with E-state index >= 15 is 0 Å². The van der Waals surface area contributed by atoms with Crippen molar-refractivity contribution in [3.8, 4) is 11.3 Å². The van der Waals surface area contributed by atoms with Crippen molar-refractivity contribution < 1.29 is 19.2 Å². The highest BCUT2D eigenvalue weighted by atomic mass is 32.1. The van der Waals surface area contributed by atoms with Crippen molar-refractivity contribution in [2.24, 2.45) is 0 Å². The van der Waals surface area contributed by atoms with Crippen LogP contribution in [0.4, 0.5) is 5.69 Å². The minimum absolute atomic E-state index is 0.0433. The van der Waals surface area contributed by atoms with Crippen LogP contribution in [0.5, 0.6) is 0 Å². The van der Waals surface area contributed by atoms with Gasteiger partial charge in [0.1, 0.15) is 16.3 Å². The van der Waals surface area contributed by atoms with Crippen molar-refractivity contribution in [1.82, 2.24) is 9.38 Å². The molecule has 0 aliphatic rings. The zero-order chi connectivity index (χ0) is 18.1. The Morgan fingerprint density at radius 1 is 1.40 bits per heavy atom. The molecule has 9 heteroatoms. The quantitative estimate of drug-likeness (QED) is 0.300. The van der Waals surface area contributed by atoms with Gasteiger partial charge in [0, 0.05) is 23.4 Å². The molecule has 1 aromatic carbocycles. The van der Waals surface area contributed by atoms with E-state index in [1.807, 2.05) is 0 Å². The standard InChI is InChI=1S/C16H13N3O5S/c1-3-24-15(21)14-9(2)18-12(8-20)13(17-16(18)25-14)10-4-6-11(7-5-10)19(22)23/h4-8H,3H2,1-2H3. The third-order valence-corrected chi connectivity index (χ3v) is 4.79. The summed E-state index contributed by atoms with van der Waals surface area (Å²) < 4.78 is 6.61.